The summed E-state index contributed by atoms with van der Waals surface area (Å²) in [7, 11) is 0. The quantitative estimate of drug-likeness (QED) is 0.753. The van der Waals surface area contributed by atoms with Gasteiger partial charge in [0, 0.05) is 39.3 Å². The number of amides is 3. The van der Waals surface area contributed by atoms with Gasteiger partial charge in [-0.15, -0.1) is 0 Å². The number of morpholine rings is 1. The predicted octanol–water partition coefficient (Wildman–Crippen LogP) is 0.777. The van der Waals surface area contributed by atoms with Gasteiger partial charge in [-0.25, -0.2) is 4.79 Å². The van der Waals surface area contributed by atoms with E-state index in [2.05, 4.69) is 5.10 Å². The third-order valence-electron chi connectivity index (χ3n) is 5.18. The minimum Gasteiger partial charge on any atom is -0.378 e. The molecule has 8 heteroatoms. The second kappa shape index (κ2) is 7.03. The Morgan fingerprint density at radius 2 is 1.60 bits per heavy atom. The normalized spacial score (nSPS) is 21.2. The topological polar surface area (TPSA) is 70.9 Å². The fraction of sp³-hybridized carbons (Fsp3) is 0.706. The van der Waals surface area contributed by atoms with Crippen LogP contribution in [0.4, 0.5) is 4.79 Å². The number of rotatable bonds is 1. The molecule has 1 aromatic rings. The first kappa shape index (κ1) is 16.4. The molecule has 3 amide bonds. The average Bonchev–Trinajstić information content (AvgIpc) is 3.27. The summed E-state index contributed by atoms with van der Waals surface area (Å²) in [5, 5.41) is 4.51. The van der Waals surface area contributed by atoms with Crippen molar-refractivity contribution in [3.8, 4) is 0 Å². The third kappa shape index (κ3) is 3.35. The molecule has 2 saturated heterocycles. The summed E-state index contributed by atoms with van der Waals surface area (Å²) in [6.07, 6.45) is 3.05. The molecule has 0 N–H and O–H groups in total. The SMILES string of the molecule is O=C(c1cc2n(n1)CCCN(C(=O)N1CCCC1)C2)N1CCOCC1. The van der Waals surface area contributed by atoms with Crippen molar-refractivity contribution in [1.29, 1.82) is 0 Å². The molecule has 3 aliphatic heterocycles. The number of hydrogen-bond donors (Lipinski definition) is 0. The van der Waals surface area contributed by atoms with Gasteiger partial charge < -0.3 is 19.4 Å². The molecule has 8 nitrogen and oxygen atoms in total. The second-order valence-corrected chi connectivity index (χ2v) is 6.90. The third-order valence-corrected chi connectivity index (χ3v) is 5.18. The van der Waals surface area contributed by atoms with Crippen LogP contribution in [0.3, 0.4) is 0 Å². The van der Waals surface area contributed by atoms with Crippen molar-refractivity contribution < 1.29 is 14.3 Å². The Morgan fingerprint density at radius 1 is 0.880 bits per heavy atom. The summed E-state index contributed by atoms with van der Waals surface area (Å²) in [5.41, 5.74) is 1.43. The van der Waals surface area contributed by atoms with Crippen LogP contribution in [-0.2, 0) is 17.8 Å². The van der Waals surface area contributed by atoms with Gasteiger partial charge in [-0.05, 0) is 25.3 Å². The highest BCUT2D eigenvalue weighted by molar-refractivity contribution is 5.92. The number of likely N-dealkylation sites (tertiary alicyclic amines) is 1. The van der Waals surface area contributed by atoms with Crippen molar-refractivity contribution in [3.05, 3.63) is 17.5 Å². The van der Waals surface area contributed by atoms with Crippen LogP contribution in [0.15, 0.2) is 6.07 Å². The van der Waals surface area contributed by atoms with E-state index in [1.807, 2.05) is 20.5 Å². The standard InChI is InChI=1S/C17H25N5O3/c23-16(19-8-10-25-11-9-19)15-12-14-13-21(6-3-7-22(14)18-15)17(24)20-4-1-2-5-20/h12H,1-11,13H2. The Balaban J connectivity index is 1.48. The lowest BCUT2D eigenvalue weighted by molar-refractivity contribution is 0.0298. The van der Waals surface area contributed by atoms with Crippen LogP contribution in [-0.4, -0.2) is 82.4 Å². The summed E-state index contributed by atoms with van der Waals surface area (Å²) in [6.45, 7) is 6.11. The molecule has 3 aliphatic rings. The summed E-state index contributed by atoms with van der Waals surface area (Å²) in [4.78, 5) is 30.9. The zero-order valence-corrected chi connectivity index (χ0v) is 14.5. The van der Waals surface area contributed by atoms with Crippen LogP contribution in [0, 0.1) is 0 Å². The van der Waals surface area contributed by atoms with E-state index in [9.17, 15) is 9.59 Å². The molecular formula is C17H25N5O3. The summed E-state index contributed by atoms with van der Waals surface area (Å²) in [5.74, 6) is -0.0405. The Bertz CT molecular complexity index is 647. The number of nitrogens with zero attached hydrogens (tertiary/aromatic N) is 5. The lowest BCUT2D eigenvalue weighted by Crippen LogP contribution is -2.41. The highest BCUT2D eigenvalue weighted by Gasteiger charge is 2.28. The highest BCUT2D eigenvalue weighted by Crippen LogP contribution is 2.18. The molecule has 0 aromatic carbocycles. The van der Waals surface area contributed by atoms with Crippen molar-refractivity contribution >= 4 is 11.9 Å². The van der Waals surface area contributed by atoms with Crippen LogP contribution >= 0.6 is 0 Å². The van der Waals surface area contributed by atoms with Gasteiger partial charge in [-0.3, -0.25) is 9.48 Å². The lowest BCUT2D eigenvalue weighted by Gasteiger charge is -2.26. The molecule has 2 fully saturated rings. The number of aryl methyl sites for hydroxylation is 1. The van der Waals surface area contributed by atoms with Gasteiger partial charge in [0.2, 0.25) is 0 Å². The number of ether oxygens (including phenoxy) is 1. The van der Waals surface area contributed by atoms with Crippen molar-refractivity contribution in [2.75, 3.05) is 45.9 Å². The Morgan fingerprint density at radius 3 is 2.36 bits per heavy atom. The lowest BCUT2D eigenvalue weighted by atomic mass is 10.3. The molecular weight excluding hydrogens is 322 g/mol. The van der Waals surface area contributed by atoms with E-state index in [4.69, 9.17) is 4.74 Å². The first-order valence-corrected chi connectivity index (χ1v) is 9.20. The average molecular weight is 347 g/mol. The van der Waals surface area contributed by atoms with Gasteiger partial charge in [0.05, 0.1) is 25.5 Å². The Hall–Kier alpha value is -2.09. The Labute approximate surface area is 147 Å². The fourth-order valence-electron chi connectivity index (χ4n) is 3.77. The van der Waals surface area contributed by atoms with Crippen molar-refractivity contribution in [3.63, 3.8) is 0 Å². The summed E-state index contributed by atoms with van der Waals surface area (Å²) < 4.78 is 7.20. The zero-order chi connectivity index (χ0) is 17.2. The van der Waals surface area contributed by atoms with E-state index in [0.717, 1.165) is 51.1 Å². The van der Waals surface area contributed by atoms with Crippen LogP contribution in [0.1, 0.15) is 35.4 Å². The van der Waals surface area contributed by atoms with E-state index in [1.165, 1.54) is 0 Å². The number of urea groups is 1. The number of fused-ring (bicyclic) bond motifs is 1. The molecule has 136 valence electrons. The molecule has 4 heterocycles. The smallest absolute Gasteiger partial charge is 0.320 e. The first-order chi connectivity index (χ1) is 12.2. The van der Waals surface area contributed by atoms with Gasteiger partial charge in [0.15, 0.2) is 5.69 Å². The molecule has 0 bridgehead atoms. The van der Waals surface area contributed by atoms with E-state index in [-0.39, 0.29) is 11.9 Å². The fourth-order valence-corrected chi connectivity index (χ4v) is 3.77. The van der Waals surface area contributed by atoms with Gasteiger partial charge >= 0.3 is 6.03 Å². The number of aromatic nitrogens is 2. The van der Waals surface area contributed by atoms with E-state index in [1.54, 1.807) is 4.90 Å². The molecule has 0 unspecified atom stereocenters. The molecule has 0 atom stereocenters. The molecule has 25 heavy (non-hydrogen) atoms. The predicted molar refractivity (Wildman–Crippen MR) is 90.2 cm³/mol. The van der Waals surface area contributed by atoms with Gasteiger partial charge in [0.1, 0.15) is 0 Å². The largest absolute Gasteiger partial charge is 0.378 e. The molecule has 0 aliphatic carbocycles. The van der Waals surface area contributed by atoms with Gasteiger partial charge in [0.25, 0.3) is 5.91 Å². The maximum Gasteiger partial charge on any atom is 0.320 e. The van der Waals surface area contributed by atoms with E-state index < -0.39 is 0 Å². The van der Waals surface area contributed by atoms with Crippen molar-refractivity contribution in [2.45, 2.75) is 32.4 Å². The summed E-state index contributed by atoms with van der Waals surface area (Å²) >= 11 is 0. The monoisotopic (exact) mass is 347 g/mol. The zero-order valence-electron chi connectivity index (χ0n) is 14.5. The van der Waals surface area contributed by atoms with Gasteiger partial charge in [-0.1, -0.05) is 0 Å². The van der Waals surface area contributed by atoms with Crippen molar-refractivity contribution in [2.24, 2.45) is 0 Å². The van der Waals surface area contributed by atoms with Crippen molar-refractivity contribution in [1.82, 2.24) is 24.5 Å². The first-order valence-electron chi connectivity index (χ1n) is 9.20. The van der Waals surface area contributed by atoms with E-state index >= 15 is 0 Å². The maximum atomic E-state index is 12.7. The van der Waals surface area contributed by atoms with E-state index in [0.29, 0.717) is 38.5 Å². The minimum absolute atomic E-state index is 0.0405. The summed E-state index contributed by atoms with van der Waals surface area (Å²) in [6, 6.07) is 1.97. The van der Waals surface area contributed by atoms with Crippen LogP contribution in [0.25, 0.3) is 0 Å². The number of hydrogen-bond acceptors (Lipinski definition) is 4. The minimum atomic E-state index is -0.0405. The highest BCUT2D eigenvalue weighted by atomic mass is 16.5. The molecule has 4 rings (SSSR count). The molecule has 1 aromatic heterocycles. The second-order valence-electron chi connectivity index (χ2n) is 6.90. The number of carbonyl (C=O) groups is 2. The van der Waals surface area contributed by atoms with Gasteiger partial charge in [-0.2, -0.15) is 5.10 Å². The number of carbonyl (C=O) groups excluding carboxylic acids is 2. The van der Waals surface area contributed by atoms with Crippen LogP contribution in [0.2, 0.25) is 0 Å². The molecule has 0 radical (unpaired) electrons. The Kier molecular flexibility index (Phi) is 4.61. The molecule has 0 spiro atoms. The molecule has 0 saturated carbocycles. The maximum absolute atomic E-state index is 12.7. The van der Waals surface area contributed by atoms with Crippen LogP contribution < -0.4 is 0 Å². The van der Waals surface area contributed by atoms with Crippen LogP contribution in [0.5, 0.6) is 0 Å².